The second-order valence-electron chi connectivity index (χ2n) is 7.90. The fourth-order valence-electron chi connectivity index (χ4n) is 2.26. The molecule has 118 valence electrons. The average molecular weight is 284 g/mol. The van der Waals surface area contributed by atoms with E-state index in [0.29, 0.717) is 6.61 Å². The van der Waals surface area contributed by atoms with E-state index in [0.717, 1.165) is 32.6 Å². The highest BCUT2D eigenvalue weighted by molar-refractivity contribution is 5.77. The minimum Gasteiger partial charge on any atom is -0.372 e. The zero-order valence-electron chi connectivity index (χ0n) is 14.2. The fourth-order valence-corrected chi connectivity index (χ4v) is 2.26. The molecular weight excluding hydrogens is 252 g/mol. The van der Waals surface area contributed by atoms with Crippen LogP contribution in [0.3, 0.4) is 0 Å². The molecule has 4 heteroatoms. The predicted molar refractivity (Wildman–Crippen MR) is 82.8 cm³/mol. The number of hydrogen-bond donors (Lipinski definition) is 0. The minimum atomic E-state index is 0.132. The van der Waals surface area contributed by atoms with Gasteiger partial charge in [0.2, 0.25) is 5.91 Å². The standard InChI is InChI=1S/C16H32N2O2/c1-15(2,3)7-12-20-13-14(19)17-8-10-18(11-9-17)16(4,5)6/h7-13H2,1-6H3. The van der Waals surface area contributed by atoms with Gasteiger partial charge < -0.3 is 9.64 Å². The number of ether oxygens (including phenoxy) is 1. The summed E-state index contributed by atoms with van der Waals surface area (Å²) in [5.41, 5.74) is 0.458. The summed E-state index contributed by atoms with van der Waals surface area (Å²) in [4.78, 5) is 16.4. The quantitative estimate of drug-likeness (QED) is 0.743. The van der Waals surface area contributed by atoms with E-state index >= 15 is 0 Å². The summed E-state index contributed by atoms with van der Waals surface area (Å²) in [7, 11) is 0. The first-order chi connectivity index (χ1) is 9.09. The van der Waals surface area contributed by atoms with Crippen LogP contribution in [0.15, 0.2) is 0 Å². The Balaban J connectivity index is 2.23. The molecule has 1 amide bonds. The van der Waals surface area contributed by atoms with Crippen LogP contribution in [-0.2, 0) is 9.53 Å². The Morgan fingerprint density at radius 3 is 2.00 bits per heavy atom. The molecule has 1 saturated heterocycles. The SMILES string of the molecule is CC(C)(C)CCOCC(=O)N1CCN(C(C)(C)C)CC1. The molecule has 0 atom stereocenters. The third-order valence-electron chi connectivity index (χ3n) is 3.80. The van der Waals surface area contributed by atoms with E-state index in [2.05, 4.69) is 46.4 Å². The summed E-state index contributed by atoms with van der Waals surface area (Å²) in [5.74, 6) is 0.132. The van der Waals surface area contributed by atoms with Gasteiger partial charge >= 0.3 is 0 Å². The number of carbonyl (C=O) groups excluding carboxylic acids is 1. The first-order valence-corrected chi connectivity index (χ1v) is 7.70. The lowest BCUT2D eigenvalue weighted by Crippen LogP contribution is -2.55. The number of nitrogens with zero attached hydrogens (tertiary/aromatic N) is 2. The third kappa shape index (κ3) is 6.23. The van der Waals surface area contributed by atoms with Crippen LogP contribution < -0.4 is 0 Å². The van der Waals surface area contributed by atoms with Crippen molar-refractivity contribution in [1.29, 1.82) is 0 Å². The Kier molecular flexibility index (Phi) is 6.02. The molecule has 1 aliphatic heterocycles. The fraction of sp³-hybridized carbons (Fsp3) is 0.938. The van der Waals surface area contributed by atoms with Crippen molar-refractivity contribution < 1.29 is 9.53 Å². The molecule has 20 heavy (non-hydrogen) atoms. The Labute approximate surface area is 124 Å². The largest absolute Gasteiger partial charge is 0.372 e. The minimum absolute atomic E-state index is 0.132. The highest BCUT2D eigenvalue weighted by Gasteiger charge is 2.27. The van der Waals surface area contributed by atoms with E-state index in [1.807, 2.05) is 4.90 Å². The molecule has 0 spiro atoms. The molecule has 0 aromatic carbocycles. The molecule has 1 fully saturated rings. The molecule has 0 radical (unpaired) electrons. The molecule has 1 heterocycles. The van der Waals surface area contributed by atoms with Crippen molar-refractivity contribution >= 4 is 5.91 Å². The number of amides is 1. The lowest BCUT2D eigenvalue weighted by molar-refractivity contribution is -0.138. The topological polar surface area (TPSA) is 32.8 Å². The molecule has 0 saturated carbocycles. The van der Waals surface area contributed by atoms with Crippen molar-refractivity contribution in [2.45, 2.75) is 53.5 Å². The van der Waals surface area contributed by atoms with E-state index < -0.39 is 0 Å². The van der Waals surface area contributed by atoms with E-state index in [1.165, 1.54) is 0 Å². The zero-order chi connectivity index (χ0) is 15.4. The third-order valence-corrected chi connectivity index (χ3v) is 3.80. The first-order valence-electron chi connectivity index (χ1n) is 7.70. The predicted octanol–water partition coefficient (Wildman–Crippen LogP) is 2.38. The lowest BCUT2D eigenvalue weighted by atomic mass is 9.93. The van der Waals surface area contributed by atoms with Gasteiger partial charge in [-0.2, -0.15) is 0 Å². The van der Waals surface area contributed by atoms with Crippen LogP contribution in [0.2, 0.25) is 0 Å². The van der Waals surface area contributed by atoms with Gasteiger partial charge in [0, 0.05) is 38.3 Å². The van der Waals surface area contributed by atoms with Gasteiger partial charge in [-0.3, -0.25) is 9.69 Å². The number of piperazine rings is 1. The van der Waals surface area contributed by atoms with Crippen LogP contribution >= 0.6 is 0 Å². The molecule has 0 aromatic rings. The summed E-state index contributed by atoms with van der Waals surface area (Å²) in [6, 6.07) is 0. The van der Waals surface area contributed by atoms with E-state index in [9.17, 15) is 4.79 Å². The van der Waals surface area contributed by atoms with Crippen molar-refractivity contribution in [3.63, 3.8) is 0 Å². The van der Waals surface area contributed by atoms with Crippen LogP contribution in [0.1, 0.15) is 48.0 Å². The van der Waals surface area contributed by atoms with Gasteiger partial charge in [0.15, 0.2) is 0 Å². The van der Waals surface area contributed by atoms with Crippen LogP contribution in [0.5, 0.6) is 0 Å². The highest BCUT2D eigenvalue weighted by atomic mass is 16.5. The van der Waals surface area contributed by atoms with Gasteiger partial charge in [0.05, 0.1) is 0 Å². The first kappa shape index (κ1) is 17.4. The van der Waals surface area contributed by atoms with Crippen molar-refractivity contribution in [1.82, 2.24) is 9.80 Å². The summed E-state index contributed by atoms with van der Waals surface area (Å²) in [6.07, 6.45) is 0.984. The van der Waals surface area contributed by atoms with Crippen LogP contribution in [-0.4, -0.2) is 60.6 Å². The summed E-state index contributed by atoms with van der Waals surface area (Å²) < 4.78 is 5.51. The van der Waals surface area contributed by atoms with Gasteiger partial charge in [0.25, 0.3) is 0 Å². The molecule has 1 aliphatic rings. The maximum atomic E-state index is 12.1. The van der Waals surface area contributed by atoms with Crippen LogP contribution in [0, 0.1) is 5.41 Å². The second-order valence-corrected chi connectivity index (χ2v) is 7.90. The van der Waals surface area contributed by atoms with Crippen LogP contribution in [0.25, 0.3) is 0 Å². The Bertz CT molecular complexity index is 307. The Hall–Kier alpha value is -0.610. The molecule has 0 unspecified atom stereocenters. The highest BCUT2D eigenvalue weighted by Crippen LogP contribution is 2.18. The number of rotatable bonds is 4. The van der Waals surface area contributed by atoms with E-state index in [1.54, 1.807) is 0 Å². The second kappa shape index (κ2) is 6.90. The van der Waals surface area contributed by atoms with Gasteiger partial charge in [0.1, 0.15) is 6.61 Å². The summed E-state index contributed by atoms with van der Waals surface area (Å²) >= 11 is 0. The van der Waals surface area contributed by atoms with E-state index in [4.69, 9.17) is 4.74 Å². The molecule has 4 nitrogen and oxygen atoms in total. The summed E-state index contributed by atoms with van der Waals surface area (Å²) in [5, 5.41) is 0. The Morgan fingerprint density at radius 2 is 1.55 bits per heavy atom. The molecule has 0 bridgehead atoms. The monoisotopic (exact) mass is 284 g/mol. The molecular formula is C16H32N2O2. The van der Waals surface area contributed by atoms with Crippen LogP contribution in [0.4, 0.5) is 0 Å². The van der Waals surface area contributed by atoms with Gasteiger partial charge in [-0.15, -0.1) is 0 Å². The van der Waals surface area contributed by atoms with Crippen molar-refractivity contribution in [2.24, 2.45) is 5.41 Å². The van der Waals surface area contributed by atoms with Gasteiger partial charge in [-0.05, 0) is 32.6 Å². The number of carbonyl (C=O) groups is 1. The maximum Gasteiger partial charge on any atom is 0.248 e. The van der Waals surface area contributed by atoms with Crippen molar-refractivity contribution in [3.05, 3.63) is 0 Å². The zero-order valence-corrected chi connectivity index (χ0v) is 14.2. The molecule has 1 rings (SSSR count). The molecule has 0 aromatic heterocycles. The van der Waals surface area contributed by atoms with Gasteiger partial charge in [-0.25, -0.2) is 0 Å². The van der Waals surface area contributed by atoms with E-state index in [-0.39, 0.29) is 23.5 Å². The average Bonchev–Trinajstić information content (AvgIpc) is 2.32. The Morgan fingerprint density at radius 1 is 1.00 bits per heavy atom. The smallest absolute Gasteiger partial charge is 0.248 e. The summed E-state index contributed by atoms with van der Waals surface area (Å²) in [6.45, 7) is 17.7. The molecule has 0 aliphatic carbocycles. The lowest BCUT2D eigenvalue weighted by Gasteiger charge is -2.42. The van der Waals surface area contributed by atoms with Crippen molar-refractivity contribution in [3.8, 4) is 0 Å². The molecule has 0 N–H and O–H groups in total. The van der Waals surface area contributed by atoms with Gasteiger partial charge in [-0.1, -0.05) is 20.8 Å². The maximum absolute atomic E-state index is 12.1. The van der Waals surface area contributed by atoms with Crippen molar-refractivity contribution in [2.75, 3.05) is 39.4 Å². The normalized spacial score (nSPS) is 18.4. The number of hydrogen-bond acceptors (Lipinski definition) is 3.